The molecule has 0 saturated heterocycles. The minimum Gasteiger partial charge on any atom is -0.435 e. The predicted octanol–water partition coefficient (Wildman–Crippen LogP) is 7.54. The number of anilines is 2. The lowest BCUT2D eigenvalue weighted by molar-refractivity contribution is -0.136. The predicted molar refractivity (Wildman–Crippen MR) is 140 cm³/mol. The zero-order valence-corrected chi connectivity index (χ0v) is 21.2. The molecule has 6 nitrogen and oxygen atoms in total. The van der Waals surface area contributed by atoms with Crippen molar-refractivity contribution < 1.29 is 27.2 Å². The molecule has 0 aliphatic carbocycles. The van der Waals surface area contributed by atoms with E-state index in [9.17, 15) is 22.8 Å². The van der Waals surface area contributed by atoms with Crippen LogP contribution in [-0.4, -0.2) is 16.8 Å². The molecular weight excluding hydrogens is 495 g/mol. The number of amides is 2. The summed E-state index contributed by atoms with van der Waals surface area (Å²) in [4.78, 5) is 29.0. The first-order chi connectivity index (χ1) is 17.8. The van der Waals surface area contributed by atoms with Crippen LogP contribution >= 0.6 is 0 Å². The Hall–Kier alpha value is -4.40. The van der Waals surface area contributed by atoms with Crippen LogP contribution in [-0.2, 0) is 16.4 Å². The van der Waals surface area contributed by atoms with Gasteiger partial charge in [0.2, 0.25) is 11.8 Å². The number of aromatic nitrogens is 1. The number of hydrogen-bond acceptors (Lipinski definition) is 4. The topological polar surface area (TPSA) is 84.2 Å². The lowest BCUT2D eigenvalue weighted by Gasteiger charge is -2.18. The number of benzene rings is 3. The van der Waals surface area contributed by atoms with E-state index >= 15 is 0 Å². The molecule has 0 spiro atoms. The van der Waals surface area contributed by atoms with Gasteiger partial charge in [0.15, 0.2) is 11.5 Å². The summed E-state index contributed by atoms with van der Waals surface area (Å²) >= 11 is 0. The maximum Gasteiger partial charge on any atom is 0.418 e. The Labute approximate surface area is 217 Å². The van der Waals surface area contributed by atoms with Gasteiger partial charge in [-0.2, -0.15) is 13.2 Å². The Morgan fingerprint density at radius 1 is 0.816 bits per heavy atom. The number of rotatable bonds is 5. The first kappa shape index (κ1) is 26.7. The van der Waals surface area contributed by atoms with Crippen LogP contribution in [0.15, 0.2) is 77.2 Å². The molecule has 2 amide bonds. The molecule has 0 radical (unpaired) electrons. The molecule has 196 valence electrons. The summed E-state index contributed by atoms with van der Waals surface area (Å²) in [6.07, 6.45) is -4.66. The van der Waals surface area contributed by atoms with Crippen molar-refractivity contribution in [2.45, 2.75) is 39.3 Å². The average molecular weight is 522 g/mol. The van der Waals surface area contributed by atoms with E-state index in [1.165, 1.54) is 25.1 Å². The average Bonchev–Trinajstić information content (AvgIpc) is 3.29. The third-order valence-electron chi connectivity index (χ3n) is 5.79. The quantitative estimate of drug-likeness (QED) is 0.284. The van der Waals surface area contributed by atoms with Gasteiger partial charge >= 0.3 is 6.18 Å². The molecule has 0 bridgehead atoms. The number of halogens is 3. The Kier molecular flexibility index (Phi) is 7.13. The highest BCUT2D eigenvalue weighted by Crippen LogP contribution is 2.36. The van der Waals surface area contributed by atoms with Crippen molar-refractivity contribution >= 4 is 23.2 Å². The molecule has 4 aromatic rings. The number of para-hydroxylation sites is 1. The van der Waals surface area contributed by atoms with Crippen molar-refractivity contribution in [3.63, 3.8) is 0 Å². The molecule has 4 rings (SSSR count). The fourth-order valence-corrected chi connectivity index (χ4v) is 3.83. The zero-order chi connectivity index (χ0) is 27.7. The fourth-order valence-electron chi connectivity index (χ4n) is 3.83. The molecule has 3 aromatic carbocycles. The van der Waals surface area contributed by atoms with Gasteiger partial charge in [0.25, 0.3) is 5.91 Å². The largest absolute Gasteiger partial charge is 0.435 e. The molecule has 0 fully saturated rings. The van der Waals surface area contributed by atoms with Gasteiger partial charge in [-0.25, -0.2) is 4.98 Å². The van der Waals surface area contributed by atoms with Gasteiger partial charge in [-0.1, -0.05) is 45.0 Å². The van der Waals surface area contributed by atoms with Crippen LogP contribution in [0, 0.1) is 0 Å². The van der Waals surface area contributed by atoms with Crippen molar-refractivity contribution in [2.75, 3.05) is 10.6 Å². The van der Waals surface area contributed by atoms with Crippen LogP contribution in [0.2, 0.25) is 0 Å². The fraction of sp³-hybridized carbons (Fsp3) is 0.207. The Morgan fingerprint density at radius 2 is 1.42 bits per heavy atom. The minimum atomic E-state index is -4.66. The van der Waals surface area contributed by atoms with E-state index < -0.39 is 23.3 Å². The number of alkyl halides is 3. The third kappa shape index (κ3) is 5.94. The monoisotopic (exact) mass is 521 g/mol. The molecule has 0 unspecified atom stereocenters. The number of hydrogen-bond donors (Lipinski definition) is 2. The maximum absolute atomic E-state index is 13.5. The van der Waals surface area contributed by atoms with Gasteiger partial charge < -0.3 is 15.1 Å². The van der Waals surface area contributed by atoms with Gasteiger partial charge in [-0.3, -0.25) is 9.59 Å². The summed E-state index contributed by atoms with van der Waals surface area (Å²) in [5.41, 5.74) is 1.05. The second-order valence-corrected chi connectivity index (χ2v) is 9.78. The first-order valence-corrected chi connectivity index (χ1v) is 11.8. The van der Waals surface area contributed by atoms with Gasteiger partial charge in [-0.05, 0) is 59.5 Å². The van der Waals surface area contributed by atoms with Crippen molar-refractivity contribution in [3.05, 3.63) is 89.6 Å². The molecule has 0 saturated carbocycles. The number of carbonyl (C=O) groups excluding carboxylic acids is 2. The second kappa shape index (κ2) is 10.2. The van der Waals surface area contributed by atoms with Gasteiger partial charge in [0.05, 0.1) is 11.3 Å². The minimum absolute atomic E-state index is 0.0765. The molecule has 0 aliphatic rings. The first-order valence-electron chi connectivity index (χ1n) is 11.8. The van der Waals surface area contributed by atoms with Crippen molar-refractivity contribution in [2.24, 2.45) is 0 Å². The highest BCUT2D eigenvalue weighted by molar-refractivity contribution is 6.07. The highest BCUT2D eigenvalue weighted by Gasteiger charge is 2.34. The molecule has 1 aromatic heterocycles. The van der Waals surface area contributed by atoms with E-state index in [-0.39, 0.29) is 28.7 Å². The van der Waals surface area contributed by atoms with E-state index in [4.69, 9.17) is 4.42 Å². The van der Waals surface area contributed by atoms with Crippen molar-refractivity contribution in [1.29, 1.82) is 0 Å². The molecule has 2 N–H and O–H groups in total. The summed E-state index contributed by atoms with van der Waals surface area (Å²) in [5, 5.41) is 4.99. The number of nitrogens with zero attached hydrogens (tertiary/aromatic N) is 1. The van der Waals surface area contributed by atoms with Crippen molar-refractivity contribution in [1.82, 2.24) is 4.98 Å². The lowest BCUT2D eigenvalue weighted by atomic mass is 9.87. The molecule has 0 aliphatic heterocycles. The van der Waals surface area contributed by atoms with Crippen molar-refractivity contribution in [3.8, 4) is 22.8 Å². The third-order valence-corrected chi connectivity index (χ3v) is 5.79. The summed E-state index contributed by atoms with van der Waals surface area (Å²) in [5.74, 6) is -0.886. The SMILES string of the molecule is CC(=O)Nc1ccc(-c2oc(-c3ccc(C(C)(C)C)cc3)nc2C(=O)Nc2ccccc2C(F)(F)F)cc1. The summed E-state index contributed by atoms with van der Waals surface area (Å²) in [6.45, 7) is 7.62. The van der Waals surface area contributed by atoms with Gasteiger partial charge in [0, 0.05) is 23.7 Å². The zero-order valence-electron chi connectivity index (χ0n) is 21.2. The maximum atomic E-state index is 13.5. The molecule has 38 heavy (non-hydrogen) atoms. The normalized spacial score (nSPS) is 11.8. The second-order valence-electron chi connectivity index (χ2n) is 9.78. The number of nitrogens with one attached hydrogen (secondary N) is 2. The molecule has 1 heterocycles. The van der Waals surface area contributed by atoms with E-state index in [1.807, 2.05) is 24.3 Å². The summed E-state index contributed by atoms with van der Waals surface area (Å²) < 4.78 is 46.5. The van der Waals surface area contributed by atoms with Gasteiger partial charge in [-0.15, -0.1) is 0 Å². The number of oxazole rings is 1. The Bertz CT molecular complexity index is 1470. The molecule has 0 atom stereocenters. The van der Waals surface area contributed by atoms with Crippen LogP contribution in [0.1, 0.15) is 49.3 Å². The van der Waals surface area contributed by atoms with E-state index in [2.05, 4.69) is 36.4 Å². The van der Waals surface area contributed by atoms with E-state index in [0.717, 1.165) is 11.6 Å². The van der Waals surface area contributed by atoms with Crippen LogP contribution < -0.4 is 10.6 Å². The van der Waals surface area contributed by atoms with E-state index in [0.29, 0.717) is 16.8 Å². The van der Waals surface area contributed by atoms with Crippen LogP contribution in [0.5, 0.6) is 0 Å². The Morgan fingerprint density at radius 3 is 2.00 bits per heavy atom. The highest BCUT2D eigenvalue weighted by atomic mass is 19.4. The molecular formula is C29H26F3N3O3. The number of carbonyl (C=O) groups is 2. The van der Waals surface area contributed by atoms with Crippen LogP contribution in [0.25, 0.3) is 22.8 Å². The summed E-state index contributed by atoms with van der Waals surface area (Å²) in [6, 6.07) is 18.7. The summed E-state index contributed by atoms with van der Waals surface area (Å²) in [7, 11) is 0. The standard InChI is InChI=1S/C29H26F3N3O3/c1-17(36)33-21-15-11-18(12-16-21)25-24(26(37)34-23-8-6-5-7-22(23)29(30,31)32)35-27(38-25)19-9-13-20(14-10-19)28(2,3)4/h5-16H,1-4H3,(H,33,36)(H,34,37). The van der Waals surface area contributed by atoms with Crippen LogP contribution in [0.4, 0.5) is 24.5 Å². The Balaban J connectivity index is 1.76. The van der Waals surface area contributed by atoms with E-state index in [1.54, 1.807) is 24.3 Å². The van der Waals surface area contributed by atoms with Gasteiger partial charge in [0.1, 0.15) is 0 Å². The van der Waals surface area contributed by atoms with Crippen LogP contribution in [0.3, 0.4) is 0 Å². The lowest BCUT2D eigenvalue weighted by Crippen LogP contribution is -2.17. The smallest absolute Gasteiger partial charge is 0.418 e. The molecule has 9 heteroatoms.